The third-order valence-corrected chi connectivity index (χ3v) is 3.85. The lowest BCUT2D eigenvalue weighted by Crippen LogP contribution is -2.31. The van der Waals surface area contributed by atoms with Gasteiger partial charge < -0.3 is 10.1 Å². The van der Waals surface area contributed by atoms with Crippen LogP contribution in [0.3, 0.4) is 0 Å². The second-order valence-electron chi connectivity index (χ2n) is 4.85. The van der Waals surface area contributed by atoms with Crippen molar-refractivity contribution in [2.75, 3.05) is 13.2 Å². The molecule has 1 N–H and O–H groups in total. The van der Waals surface area contributed by atoms with Crippen LogP contribution < -0.4 is 10.1 Å². The van der Waals surface area contributed by atoms with Crippen molar-refractivity contribution in [3.05, 3.63) is 23.8 Å². The van der Waals surface area contributed by atoms with E-state index in [0.29, 0.717) is 23.8 Å². The highest BCUT2D eigenvalue weighted by atomic mass is 35.7. The number of ether oxygens (including phenoxy) is 1. The number of rotatable bonds is 6. The number of amides is 1. The zero-order valence-corrected chi connectivity index (χ0v) is 13.2. The van der Waals surface area contributed by atoms with E-state index in [2.05, 4.69) is 5.32 Å². The van der Waals surface area contributed by atoms with Crippen molar-refractivity contribution >= 4 is 25.6 Å². The van der Waals surface area contributed by atoms with Gasteiger partial charge in [0.1, 0.15) is 5.75 Å². The highest BCUT2D eigenvalue weighted by molar-refractivity contribution is 8.13. The van der Waals surface area contributed by atoms with Crippen LogP contribution in [0.2, 0.25) is 0 Å². The zero-order valence-electron chi connectivity index (χ0n) is 11.6. The summed E-state index contributed by atoms with van der Waals surface area (Å²) in [6.45, 7) is 6.16. The Labute approximate surface area is 123 Å². The minimum Gasteiger partial charge on any atom is -0.484 e. The smallest absolute Gasteiger partial charge is 0.261 e. The third kappa shape index (κ3) is 5.38. The first-order valence-corrected chi connectivity index (χ1v) is 8.46. The quantitative estimate of drug-likeness (QED) is 0.815. The van der Waals surface area contributed by atoms with Crippen molar-refractivity contribution in [1.29, 1.82) is 0 Å². The van der Waals surface area contributed by atoms with Gasteiger partial charge in [-0.15, -0.1) is 0 Å². The maximum absolute atomic E-state index is 11.5. The summed E-state index contributed by atoms with van der Waals surface area (Å²) in [4.78, 5) is 11.5. The van der Waals surface area contributed by atoms with E-state index in [0.717, 1.165) is 0 Å². The normalized spacial score (nSPS) is 11.4. The molecule has 0 aliphatic carbocycles. The van der Waals surface area contributed by atoms with E-state index in [1.165, 1.54) is 18.2 Å². The molecule has 0 unspecified atom stereocenters. The Balaban J connectivity index is 2.64. The van der Waals surface area contributed by atoms with Gasteiger partial charge in [-0.05, 0) is 36.6 Å². The predicted octanol–water partition coefficient (Wildman–Crippen LogP) is 2.07. The van der Waals surface area contributed by atoms with Crippen LogP contribution in [0, 0.1) is 12.8 Å². The van der Waals surface area contributed by atoms with E-state index >= 15 is 0 Å². The molecule has 112 valence electrons. The van der Waals surface area contributed by atoms with Gasteiger partial charge in [-0.1, -0.05) is 13.8 Å². The first-order valence-electron chi connectivity index (χ1n) is 6.15. The lowest BCUT2D eigenvalue weighted by atomic mass is 10.2. The van der Waals surface area contributed by atoms with Crippen LogP contribution in [-0.4, -0.2) is 27.5 Å². The molecular formula is C13H18ClNO4S. The molecule has 1 aromatic rings. The number of aryl methyl sites for hydroxylation is 1. The van der Waals surface area contributed by atoms with Gasteiger partial charge in [0.15, 0.2) is 6.61 Å². The molecule has 0 spiro atoms. The first kappa shape index (κ1) is 16.8. The van der Waals surface area contributed by atoms with Crippen LogP contribution in [0.25, 0.3) is 0 Å². The summed E-state index contributed by atoms with van der Waals surface area (Å²) in [5, 5.41) is 2.73. The molecule has 1 aromatic carbocycles. The fourth-order valence-electron chi connectivity index (χ4n) is 1.45. The largest absolute Gasteiger partial charge is 0.484 e. The minimum atomic E-state index is -3.75. The molecule has 20 heavy (non-hydrogen) atoms. The molecule has 0 aromatic heterocycles. The van der Waals surface area contributed by atoms with Crippen LogP contribution >= 0.6 is 10.7 Å². The Morgan fingerprint density at radius 1 is 1.40 bits per heavy atom. The second-order valence-corrected chi connectivity index (χ2v) is 7.42. The summed E-state index contributed by atoms with van der Waals surface area (Å²) in [6, 6.07) is 4.24. The summed E-state index contributed by atoms with van der Waals surface area (Å²) >= 11 is 0. The molecule has 0 heterocycles. The van der Waals surface area contributed by atoms with E-state index < -0.39 is 9.05 Å². The molecule has 5 nitrogen and oxygen atoms in total. The van der Waals surface area contributed by atoms with E-state index in [1.807, 2.05) is 13.8 Å². The van der Waals surface area contributed by atoms with Gasteiger partial charge >= 0.3 is 0 Å². The van der Waals surface area contributed by atoms with Crippen LogP contribution in [-0.2, 0) is 13.8 Å². The maximum atomic E-state index is 11.5. The fourth-order valence-corrected chi connectivity index (χ4v) is 2.28. The monoisotopic (exact) mass is 319 g/mol. The number of nitrogens with one attached hydrogen (secondary N) is 1. The number of hydrogen-bond acceptors (Lipinski definition) is 4. The number of carbonyl (C=O) groups excluding carboxylic acids is 1. The molecule has 0 saturated carbocycles. The third-order valence-electron chi connectivity index (χ3n) is 2.49. The van der Waals surface area contributed by atoms with Crippen molar-refractivity contribution < 1.29 is 17.9 Å². The Morgan fingerprint density at radius 2 is 2.05 bits per heavy atom. The Kier molecular flexibility index (Phi) is 5.83. The van der Waals surface area contributed by atoms with Crippen molar-refractivity contribution in [2.24, 2.45) is 5.92 Å². The summed E-state index contributed by atoms with van der Waals surface area (Å²) < 4.78 is 27.7. The molecule has 0 aliphatic rings. The Bertz CT molecular complexity index is 584. The van der Waals surface area contributed by atoms with Crippen LogP contribution in [0.15, 0.2) is 23.1 Å². The molecule has 1 rings (SSSR count). The van der Waals surface area contributed by atoms with Crippen LogP contribution in [0.1, 0.15) is 19.4 Å². The molecule has 7 heteroatoms. The number of benzene rings is 1. The zero-order chi connectivity index (χ0) is 15.3. The van der Waals surface area contributed by atoms with Gasteiger partial charge in [0.2, 0.25) is 0 Å². The summed E-state index contributed by atoms with van der Waals surface area (Å²) in [5.74, 6) is 0.606. The van der Waals surface area contributed by atoms with Crippen LogP contribution in [0.5, 0.6) is 5.75 Å². The number of hydrogen-bond donors (Lipinski definition) is 1. The average Bonchev–Trinajstić information content (AvgIpc) is 2.33. The second kappa shape index (κ2) is 6.95. The molecule has 0 aliphatic heterocycles. The van der Waals surface area contributed by atoms with Gasteiger partial charge in [0.05, 0.1) is 4.90 Å². The fraction of sp³-hybridized carbons (Fsp3) is 0.462. The van der Waals surface area contributed by atoms with E-state index in [4.69, 9.17) is 15.4 Å². The Morgan fingerprint density at radius 3 is 2.55 bits per heavy atom. The van der Waals surface area contributed by atoms with Gasteiger partial charge in [-0.25, -0.2) is 8.42 Å². The maximum Gasteiger partial charge on any atom is 0.261 e. The SMILES string of the molecule is Cc1cc(S(=O)(=O)Cl)ccc1OCC(=O)NCC(C)C. The van der Waals surface area contributed by atoms with Gasteiger partial charge in [0.25, 0.3) is 15.0 Å². The van der Waals surface area contributed by atoms with E-state index in [9.17, 15) is 13.2 Å². The highest BCUT2D eigenvalue weighted by Crippen LogP contribution is 2.23. The Hall–Kier alpha value is -1.27. The van der Waals surface area contributed by atoms with Crippen molar-refractivity contribution in [1.82, 2.24) is 5.32 Å². The molecule has 0 bridgehead atoms. The minimum absolute atomic E-state index is 0.00766. The molecule has 0 saturated heterocycles. The lowest BCUT2D eigenvalue weighted by molar-refractivity contribution is -0.123. The van der Waals surface area contributed by atoms with Crippen molar-refractivity contribution in [3.63, 3.8) is 0 Å². The first-order chi connectivity index (χ1) is 9.20. The average molecular weight is 320 g/mol. The highest BCUT2D eigenvalue weighted by Gasteiger charge is 2.12. The topological polar surface area (TPSA) is 72.5 Å². The molecule has 0 atom stereocenters. The van der Waals surface area contributed by atoms with Crippen LogP contribution in [0.4, 0.5) is 0 Å². The van der Waals surface area contributed by atoms with Gasteiger partial charge in [0, 0.05) is 17.2 Å². The molecule has 0 fully saturated rings. The molecule has 1 amide bonds. The predicted molar refractivity (Wildman–Crippen MR) is 77.6 cm³/mol. The van der Waals surface area contributed by atoms with Gasteiger partial charge in [-0.2, -0.15) is 0 Å². The summed E-state index contributed by atoms with van der Waals surface area (Å²) in [6.07, 6.45) is 0. The van der Waals surface area contributed by atoms with Crippen molar-refractivity contribution in [2.45, 2.75) is 25.7 Å². The van der Waals surface area contributed by atoms with Crippen molar-refractivity contribution in [3.8, 4) is 5.75 Å². The lowest BCUT2D eigenvalue weighted by Gasteiger charge is -2.11. The standard InChI is InChI=1S/C13H18ClNO4S/c1-9(2)7-15-13(16)8-19-12-5-4-11(6-10(12)3)20(14,17)18/h4-6,9H,7-8H2,1-3H3,(H,15,16). The summed E-state index contributed by atoms with van der Waals surface area (Å²) in [5.41, 5.74) is 0.600. The van der Waals surface area contributed by atoms with E-state index in [-0.39, 0.29) is 17.4 Å². The number of carbonyl (C=O) groups is 1. The summed E-state index contributed by atoms with van der Waals surface area (Å²) in [7, 11) is 1.49. The molecule has 0 radical (unpaired) electrons. The van der Waals surface area contributed by atoms with E-state index in [1.54, 1.807) is 6.92 Å². The number of halogens is 1. The van der Waals surface area contributed by atoms with Gasteiger partial charge in [-0.3, -0.25) is 4.79 Å². The molecular weight excluding hydrogens is 302 g/mol.